The van der Waals surface area contributed by atoms with E-state index in [1.54, 1.807) is 0 Å². The lowest BCUT2D eigenvalue weighted by molar-refractivity contribution is -0.188. The molecule has 0 heterocycles. The van der Waals surface area contributed by atoms with Crippen LogP contribution < -0.4 is 5.73 Å². The average Bonchev–Trinajstić information content (AvgIpc) is 2.82. The molecule has 0 spiro atoms. The summed E-state index contributed by atoms with van der Waals surface area (Å²) in [5, 5.41) is 0. The molecule has 0 radical (unpaired) electrons. The second-order valence-electron chi connectivity index (χ2n) is 4.62. The van der Waals surface area contributed by atoms with E-state index in [-0.39, 0.29) is 17.2 Å². The van der Waals surface area contributed by atoms with Crippen LogP contribution >= 0.6 is 0 Å². The number of hydrogen-bond acceptors (Lipinski definition) is 3. The summed E-state index contributed by atoms with van der Waals surface area (Å²) < 4.78 is 11.3. The largest absolute Gasteiger partial charge is 0.352 e. The SMILES string of the molecule is CCOC(OCC)C1(C(C)(C)N)CC1. The van der Waals surface area contributed by atoms with Gasteiger partial charge in [0.05, 0.1) is 0 Å². The smallest absolute Gasteiger partial charge is 0.164 e. The van der Waals surface area contributed by atoms with Gasteiger partial charge in [0.15, 0.2) is 6.29 Å². The summed E-state index contributed by atoms with van der Waals surface area (Å²) in [5.74, 6) is 0. The zero-order chi connectivity index (χ0) is 10.8. The maximum Gasteiger partial charge on any atom is 0.164 e. The molecule has 0 aromatic rings. The molecule has 1 aliphatic rings. The molecular formula is C11H23NO2. The van der Waals surface area contributed by atoms with Crippen molar-refractivity contribution in [2.24, 2.45) is 11.1 Å². The molecule has 0 aliphatic heterocycles. The Balaban J connectivity index is 2.67. The minimum absolute atomic E-state index is 0.0407. The van der Waals surface area contributed by atoms with E-state index < -0.39 is 0 Å². The van der Waals surface area contributed by atoms with Gasteiger partial charge in [0.1, 0.15) is 0 Å². The fourth-order valence-corrected chi connectivity index (χ4v) is 1.99. The number of nitrogens with two attached hydrogens (primary N) is 1. The van der Waals surface area contributed by atoms with Crippen LogP contribution in [0.25, 0.3) is 0 Å². The zero-order valence-corrected chi connectivity index (χ0v) is 9.80. The summed E-state index contributed by atoms with van der Waals surface area (Å²) in [4.78, 5) is 0. The van der Waals surface area contributed by atoms with E-state index in [4.69, 9.17) is 15.2 Å². The third kappa shape index (κ3) is 2.10. The highest BCUT2D eigenvalue weighted by atomic mass is 16.7. The topological polar surface area (TPSA) is 44.5 Å². The maximum absolute atomic E-state index is 6.18. The minimum Gasteiger partial charge on any atom is -0.352 e. The van der Waals surface area contributed by atoms with Crippen LogP contribution in [0.3, 0.4) is 0 Å². The molecule has 0 amide bonds. The molecule has 1 rings (SSSR count). The van der Waals surface area contributed by atoms with Gasteiger partial charge in [-0.05, 0) is 40.5 Å². The predicted octanol–water partition coefficient (Wildman–Crippen LogP) is 1.90. The van der Waals surface area contributed by atoms with Gasteiger partial charge in [-0.25, -0.2) is 0 Å². The summed E-state index contributed by atoms with van der Waals surface area (Å²) in [6.07, 6.45) is 2.10. The Hall–Kier alpha value is -0.120. The van der Waals surface area contributed by atoms with E-state index in [2.05, 4.69) is 13.8 Å². The summed E-state index contributed by atoms with van der Waals surface area (Å²) in [7, 11) is 0. The lowest BCUT2D eigenvalue weighted by Gasteiger charge is -2.36. The van der Waals surface area contributed by atoms with E-state index in [9.17, 15) is 0 Å². The lowest BCUT2D eigenvalue weighted by Crippen LogP contribution is -2.50. The molecule has 1 aliphatic carbocycles. The first-order chi connectivity index (χ1) is 6.48. The van der Waals surface area contributed by atoms with Crippen LogP contribution in [0.15, 0.2) is 0 Å². The van der Waals surface area contributed by atoms with Crippen LogP contribution in [0.4, 0.5) is 0 Å². The summed E-state index contributed by atoms with van der Waals surface area (Å²) in [6, 6.07) is 0. The molecule has 1 saturated carbocycles. The molecule has 84 valence electrons. The van der Waals surface area contributed by atoms with Crippen molar-refractivity contribution in [1.82, 2.24) is 0 Å². The summed E-state index contributed by atoms with van der Waals surface area (Å²) in [6.45, 7) is 9.47. The minimum atomic E-state index is -0.220. The summed E-state index contributed by atoms with van der Waals surface area (Å²) in [5.41, 5.74) is 6.00. The van der Waals surface area contributed by atoms with Crippen LogP contribution in [0.2, 0.25) is 0 Å². The second-order valence-corrected chi connectivity index (χ2v) is 4.62. The van der Waals surface area contributed by atoms with Gasteiger partial charge in [-0.3, -0.25) is 0 Å². The molecule has 1 fully saturated rings. The molecule has 3 nitrogen and oxygen atoms in total. The molecule has 14 heavy (non-hydrogen) atoms. The van der Waals surface area contributed by atoms with Crippen molar-refractivity contribution < 1.29 is 9.47 Å². The Morgan fingerprint density at radius 1 is 1.21 bits per heavy atom. The molecular weight excluding hydrogens is 178 g/mol. The van der Waals surface area contributed by atoms with E-state index in [1.807, 2.05) is 13.8 Å². The normalized spacial score (nSPS) is 20.1. The van der Waals surface area contributed by atoms with Crippen molar-refractivity contribution >= 4 is 0 Å². The molecule has 0 aromatic carbocycles. The van der Waals surface area contributed by atoms with Crippen molar-refractivity contribution in [2.45, 2.75) is 52.4 Å². The van der Waals surface area contributed by atoms with Gasteiger partial charge in [-0.1, -0.05) is 0 Å². The first-order valence-electron chi connectivity index (χ1n) is 5.50. The highest BCUT2D eigenvalue weighted by Crippen LogP contribution is 2.56. The molecule has 0 atom stereocenters. The van der Waals surface area contributed by atoms with Gasteiger partial charge in [0.2, 0.25) is 0 Å². The highest BCUT2D eigenvalue weighted by Gasteiger charge is 2.59. The Kier molecular flexibility index (Phi) is 3.56. The maximum atomic E-state index is 6.18. The number of ether oxygens (including phenoxy) is 2. The van der Waals surface area contributed by atoms with Gasteiger partial charge in [-0.2, -0.15) is 0 Å². The Morgan fingerprint density at radius 3 is 1.86 bits per heavy atom. The predicted molar refractivity (Wildman–Crippen MR) is 57.0 cm³/mol. The van der Waals surface area contributed by atoms with Crippen molar-refractivity contribution in [1.29, 1.82) is 0 Å². The van der Waals surface area contributed by atoms with Gasteiger partial charge in [0.25, 0.3) is 0 Å². The molecule has 3 heteroatoms. The highest BCUT2D eigenvalue weighted by molar-refractivity contribution is 5.09. The van der Waals surface area contributed by atoms with Gasteiger partial charge >= 0.3 is 0 Å². The first kappa shape index (κ1) is 12.0. The molecule has 0 unspecified atom stereocenters. The quantitative estimate of drug-likeness (QED) is 0.668. The molecule has 0 bridgehead atoms. The van der Waals surface area contributed by atoms with Gasteiger partial charge < -0.3 is 15.2 Å². The molecule has 0 saturated heterocycles. The fourth-order valence-electron chi connectivity index (χ4n) is 1.99. The zero-order valence-electron chi connectivity index (χ0n) is 9.80. The van der Waals surface area contributed by atoms with Crippen LogP contribution in [0, 0.1) is 5.41 Å². The fraction of sp³-hybridized carbons (Fsp3) is 1.00. The van der Waals surface area contributed by atoms with Crippen LogP contribution in [0.1, 0.15) is 40.5 Å². The van der Waals surface area contributed by atoms with Crippen molar-refractivity contribution in [3.8, 4) is 0 Å². The molecule has 2 N–H and O–H groups in total. The second kappa shape index (κ2) is 4.17. The summed E-state index contributed by atoms with van der Waals surface area (Å²) >= 11 is 0. The monoisotopic (exact) mass is 201 g/mol. The first-order valence-corrected chi connectivity index (χ1v) is 5.50. The lowest BCUT2D eigenvalue weighted by atomic mass is 9.84. The number of hydrogen-bond donors (Lipinski definition) is 1. The van der Waals surface area contributed by atoms with E-state index in [0.29, 0.717) is 13.2 Å². The Labute approximate surface area is 86.9 Å². The third-order valence-corrected chi connectivity index (χ3v) is 3.16. The molecule has 0 aromatic heterocycles. The van der Waals surface area contributed by atoms with Crippen molar-refractivity contribution in [3.05, 3.63) is 0 Å². The standard InChI is InChI=1S/C11H23NO2/c1-5-13-9(14-6-2)11(7-8-11)10(3,4)12/h9H,5-8,12H2,1-4H3. The van der Waals surface area contributed by atoms with Gasteiger partial charge in [-0.15, -0.1) is 0 Å². The van der Waals surface area contributed by atoms with Crippen LogP contribution in [-0.2, 0) is 9.47 Å². The van der Waals surface area contributed by atoms with E-state index >= 15 is 0 Å². The Morgan fingerprint density at radius 2 is 1.64 bits per heavy atom. The number of rotatable bonds is 6. The third-order valence-electron chi connectivity index (χ3n) is 3.16. The van der Waals surface area contributed by atoms with Gasteiger partial charge in [0, 0.05) is 24.2 Å². The average molecular weight is 201 g/mol. The van der Waals surface area contributed by atoms with Crippen molar-refractivity contribution in [3.63, 3.8) is 0 Å². The van der Waals surface area contributed by atoms with Crippen LogP contribution in [-0.4, -0.2) is 25.0 Å². The van der Waals surface area contributed by atoms with Crippen molar-refractivity contribution in [2.75, 3.05) is 13.2 Å². The van der Waals surface area contributed by atoms with E-state index in [0.717, 1.165) is 12.8 Å². The van der Waals surface area contributed by atoms with E-state index in [1.165, 1.54) is 0 Å². The van der Waals surface area contributed by atoms with Crippen LogP contribution in [0.5, 0.6) is 0 Å². The Bertz CT molecular complexity index is 176.